The van der Waals surface area contributed by atoms with E-state index in [1.165, 1.54) is 0 Å². The molecule has 132 valence electrons. The molecule has 1 N–H and O–H groups in total. The molecule has 4 rings (SSSR count). The lowest BCUT2D eigenvalue weighted by molar-refractivity contribution is -0.128. The molecule has 26 heavy (non-hydrogen) atoms. The van der Waals surface area contributed by atoms with Gasteiger partial charge in [-0.2, -0.15) is 5.10 Å². The Balaban J connectivity index is 1.42. The Morgan fingerprint density at radius 2 is 1.77 bits per heavy atom. The monoisotopic (exact) mass is 349 g/mol. The molecule has 3 aromatic rings. The molecule has 1 aliphatic rings. The highest BCUT2D eigenvalue weighted by molar-refractivity contribution is 5.94. The molecule has 2 unspecified atom stereocenters. The van der Waals surface area contributed by atoms with E-state index in [1.807, 2.05) is 55.5 Å². The van der Waals surface area contributed by atoms with E-state index in [1.54, 1.807) is 23.1 Å². The zero-order valence-electron chi connectivity index (χ0n) is 14.3. The molecule has 1 aromatic heterocycles. The molecule has 1 aliphatic heterocycles. The van der Waals surface area contributed by atoms with E-state index in [-0.39, 0.29) is 12.0 Å². The third-order valence-corrected chi connectivity index (χ3v) is 4.19. The fourth-order valence-corrected chi connectivity index (χ4v) is 2.90. The van der Waals surface area contributed by atoms with Crippen molar-refractivity contribution < 1.29 is 14.3 Å². The van der Waals surface area contributed by atoms with Gasteiger partial charge in [-0.25, -0.2) is 0 Å². The molecule has 0 saturated heterocycles. The van der Waals surface area contributed by atoms with Gasteiger partial charge in [-0.05, 0) is 24.6 Å². The molecule has 1 amide bonds. The highest BCUT2D eigenvalue weighted by Gasteiger charge is 2.34. The SMILES string of the molecule is CC1Oc2ccccc2OC1C(=O)Nc1cnn(Cc2ccccc2)c1. The number of nitrogens with one attached hydrogen (secondary N) is 1. The number of benzene rings is 2. The second-order valence-corrected chi connectivity index (χ2v) is 6.21. The van der Waals surface area contributed by atoms with E-state index in [9.17, 15) is 4.79 Å². The number of aromatic nitrogens is 2. The van der Waals surface area contributed by atoms with Gasteiger partial charge in [0, 0.05) is 6.20 Å². The molecule has 0 bridgehead atoms. The maximum Gasteiger partial charge on any atom is 0.269 e. The largest absolute Gasteiger partial charge is 0.482 e. The zero-order valence-corrected chi connectivity index (χ0v) is 14.3. The summed E-state index contributed by atoms with van der Waals surface area (Å²) in [7, 11) is 0. The minimum Gasteiger partial charge on any atom is -0.482 e. The van der Waals surface area contributed by atoms with Crippen molar-refractivity contribution in [2.24, 2.45) is 0 Å². The number of amides is 1. The number of anilines is 1. The lowest BCUT2D eigenvalue weighted by atomic mass is 10.1. The summed E-state index contributed by atoms with van der Waals surface area (Å²) in [6.07, 6.45) is 2.32. The predicted molar refractivity (Wildman–Crippen MR) is 97.3 cm³/mol. The number of carbonyl (C=O) groups is 1. The van der Waals surface area contributed by atoms with Crippen molar-refractivity contribution in [3.63, 3.8) is 0 Å². The van der Waals surface area contributed by atoms with Crippen molar-refractivity contribution in [2.45, 2.75) is 25.7 Å². The minimum absolute atomic E-state index is 0.258. The molecule has 6 nitrogen and oxygen atoms in total. The molecule has 2 heterocycles. The van der Waals surface area contributed by atoms with Crippen LogP contribution < -0.4 is 14.8 Å². The van der Waals surface area contributed by atoms with Crippen molar-refractivity contribution in [2.75, 3.05) is 5.32 Å². The summed E-state index contributed by atoms with van der Waals surface area (Å²) in [4.78, 5) is 12.6. The highest BCUT2D eigenvalue weighted by atomic mass is 16.6. The van der Waals surface area contributed by atoms with Crippen molar-refractivity contribution in [3.8, 4) is 11.5 Å². The Morgan fingerprint density at radius 1 is 1.08 bits per heavy atom. The summed E-state index contributed by atoms with van der Waals surface area (Å²) >= 11 is 0. The van der Waals surface area contributed by atoms with Gasteiger partial charge in [-0.3, -0.25) is 9.48 Å². The Kier molecular flexibility index (Phi) is 4.31. The van der Waals surface area contributed by atoms with Crippen LogP contribution in [0.25, 0.3) is 0 Å². The second kappa shape index (κ2) is 6.92. The number of nitrogens with zero attached hydrogens (tertiary/aromatic N) is 2. The molecule has 0 saturated carbocycles. The number of hydrogen-bond donors (Lipinski definition) is 1. The van der Waals surface area contributed by atoms with Gasteiger partial charge in [0.05, 0.1) is 18.4 Å². The number of rotatable bonds is 4. The summed E-state index contributed by atoms with van der Waals surface area (Å²) in [5, 5.41) is 7.15. The number of hydrogen-bond acceptors (Lipinski definition) is 4. The van der Waals surface area contributed by atoms with Crippen LogP contribution in [-0.4, -0.2) is 27.9 Å². The van der Waals surface area contributed by atoms with Gasteiger partial charge < -0.3 is 14.8 Å². The number of ether oxygens (including phenoxy) is 2. The van der Waals surface area contributed by atoms with Gasteiger partial charge in [0.1, 0.15) is 6.10 Å². The lowest BCUT2D eigenvalue weighted by Crippen LogP contribution is -2.46. The van der Waals surface area contributed by atoms with Gasteiger partial charge in [0.25, 0.3) is 5.91 Å². The van der Waals surface area contributed by atoms with E-state index in [2.05, 4.69) is 10.4 Å². The molecule has 2 aromatic carbocycles. The third kappa shape index (κ3) is 3.39. The van der Waals surface area contributed by atoms with Crippen LogP contribution in [0.5, 0.6) is 11.5 Å². The van der Waals surface area contributed by atoms with Crippen molar-refractivity contribution in [1.29, 1.82) is 0 Å². The normalized spacial score (nSPS) is 18.3. The first kappa shape index (κ1) is 16.2. The van der Waals surface area contributed by atoms with Crippen LogP contribution in [0.1, 0.15) is 12.5 Å². The van der Waals surface area contributed by atoms with Crippen LogP contribution in [0.2, 0.25) is 0 Å². The van der Waals surface area contributed by atoms with Gasteiger partial charge in [-0.15, -0.1) is 0 Å². The van der Waals surface area contributed by atoms with E-state index < -0.39 is 6.10 Å². The van der Waals surface area contributed by atoms with Crippen LogP contribution in [0.3, 0.4) is 0 Å². The Hall–Kier alpha value is -3.28. The van der Waals surface area contributed by atoms with Gasteiger partial charge in [0.15, 0.2) is 11.5 Å². The number of fused-ring (bicyclic) bond motifs is 1. The van der Waals surface area contributed by atoms with Crippen LogP contribution in [0.4, 0.5) is 5.69 Å². The fourth-order valence-electron chi connectivity index (χ4n) is 2.90. The second-order valence-electron chi connectivity index (χ2n) is 6.21. The van der Waals surface area contributed by atoms with Gasteiger partial charge in [-0.1, -0.05) is 42.5 Å². The molecule has 0 radical (unpaired) electrons. The first-order valence-corrected chi connectivity index (χ1v) is 8.48. The quantitative estimate of drug-likeness (QED) is 0.786. The van der Waals surface area contributed by atoms with E-state index >= 15 is 0 Å². The number of carbonyl (C=O) groups excluding carboxylic acids is 1. The number of para-hydroxylation sites is 2. The molecule has 0 aliphatic carbocycles. The van der Waals surface area contributed by atoms with E-state index in [0.29, 0.717) is 23.7 Å². The van der Waals surface area contributed by atoms with Crippen molar-refractivity contribution >= 4 is 11.6 Å². The molecule has 2 atom stereocenters. The van der Waals surface area contributed by atoms with Crippen LogP contribution in [-0.2, 0) is 11.3 Å². The van der Waals surface area contributed by atoms with Crippen molar-refractivity contribution in [1.82, 2.24) is 9.78 Å². The summed E-state index contributed by atoms with van der Waals surface area (Å²) in [5.41, 5.74) is 1.77. The Morgan fingerprint density at radius 3 is 2.54 bits per heavy atom. The van der Waals surface area contributed by atoms with E-state index in [0.717, 1.165) is 5.56 Å². The molecular weight excluding hydrogens is 330 g/mol. The average Bonchev–Trinajstić information content (AvgIpc) is 3.08. The third-order valence-electron chi connectivity index (χ3n) is 4.19. The summed E-state index contributed by atoms with van der Waals surface area (Å²) < 4.78 is 13.4. The van der Waals surface area contributed by atoms with Gasteiger partial charge in [0.2, 0.25) is 6.10 Å². The van der Waals surface area contributed by atoms with Gasteiger partial charge >= 0.3 is 0 Å². The maximum atomic E-state index is 12.6. The van der Waals surface area contributed by atoms with Crippen LogP contribution in [0.15, 0.2) is 67.0 Å². The van der Waals surface area contributed by atoms with Crippen molar-refractivity contribution in [3.05, 3.63) is 72.6 Å². The highest BCUT2D eigenvalue weighted by Crippen LogP contribution is 2.33. The van der Waals surface area contributed by atoms with Crippen LogP contribution in [0, 0.1) is 0 Å². The summed E-state index contributed by atoms with van der Waals surface area (Å²) in [6, 6.07) is 17.4. The molecule has 0 fully saturated rings. The first-order chi connectivity index (χ1) is 12.7. The Labute approximate surface area is 151 Å². The maximum absolute atomic E-state index is 12.6. The van der Waals surface area contributed by atoms with Crippen LogP contribution >= 0.6 is 0 Å². The fraction of sp³-hybridized carbons (Fsp3) is 0.200. The molecule has 6 heteroatoms. The summed E-state index contributed by atoms with van der Waals surface area (Å²) in [5.74, 6) is 0.969. The Bertz CT molecular complexity index is 907. The zero-order chi connectivity index (χ0) is 17.9. The molecule has 0 spiro atoms. The average molecular weight is 349 g/mol. The first-order valence-electron chi connectivity index (χ1n) is 8.48. The molecular formula is C20H19N3O3. The lowest BCUT2D eigenvalue weighted by Gasteiger charge is -2.30. The standard InChI is InChI=1S/C20H19N3O3/c1-14-19(26-18-10-6-5-9-17(18)25-14)20(24)22-16-11-21-23(13-16)12-15-7-3-2-4-8-15/h2-11,13-14,19H,12H2,1H3,(H,22,24). The van der Waals surface area contributed by atoms with E-state index in [4.69, 9.17) is 9.47 Å². The topological polar surface area (TPSA) is 65.4 Å². The minimum atomic E-state index is -0.720. The summed E-state index contributed by atoms with van der Waals surface area (Å²) in [6.45, 7) is 2.46. The smallest absolute Gasteiger partial charge is 0.269 e. The predicted octanol–water partition coefficient (Wildman–Crippen LogP) is 3.10.